The molecule has 3 heterocycles. The first-order valence-corrected chi connectivity index (χ1v) is 7.75. The Bertz CT molecular complexity index is 1070. The van der Waals surface area contributed by atoms with E-state index in [0.717, 1.165) is 22.3 Å². The average Bonchev–Trinajstić information content (AvgIpc) is 3.26. The number of hydrogen-bond acceptors (Lipinski definition) is 5. The molecule has 0 aliphatic rings. The summed E-state index contributed by atoms with van der Waals surface area (Å²) in [5.41, 5.74) is 4.66. The predicted octanol–water partition coefficient (Wildman–Crippen LogP) is 3.25. The van der Waals surface area contributed by atoms with Gasteiger partial charge in [0.15, 0.2) is 0 Å². The Morgan fingerprint density at radius 2 is 2.04 bits per heavy atom. The van der Waals surface area contributed by atoms with Crippen LogP contribution in [-0.2, 0) is 0 Å². The van der Waals surface area contributed by atoms with E-state index in [-0.39, 0.29) is 5.91 Å². The molecule has 0 spiro atoms. The summed E-state index contributed by atoms with van der Waals surface area (Å²) in [5, 5.41) is 6.82. The zero-order chi connectivity index (χ0) is 17.4. The molecular weight excluding hydrogens is 318 g/mol. The van der Waals surface area contributed by atoms with Crippen molar-refractivity contribution in [3.63, 3.8) is 0 Å². The fourth-order valence-corrected chi connectivity index (χ4v) is 2.80. The second-order valence-corrected chi connectivity index (χ2v) is 5.76. The Balaban J connectivity index is 1.71. The molecule has 0 aliphatic carbocycles. The Hall–Kier alpha value is -3.48. The van der Waals surface area contributed by atoms with Gasteiger partial charge in [0.2, 0.25) is 12.2 Å². The quantitative estimate of drug-likeness (QED) is 0.622. The number of imidazole rings is 1. The lowest BCUT2D eigenvalue weighted by Crippen LogP contribution is -2.15. The zero-order valence-corrected chi connectivity index (χ0v) is 13.7. The molecule has 25 heavy (non-hydrogen) atoms. The van der Waals surface area contributed by atoms with Gasteiger partial charge in [-0.3, -0.25) is 9.20 Å². The molecule has 7 heteroatoms. The normalized spacial score (nSPS) is 11.0. The minimum absolute atomic E-state index is 0.232. The van der Waals surface area contributed by atoms with Crippen LogP contribution in [-0.4, -0.2) is 25.4 Å². The highest BCUT2D eigenvalue weighted by Crippen LogP contribution is 2.27. The number of carbonyl (C=O) groups excluding carboxylic acids is 1. The smallest absolute Gasteiger partial charge is 0.274 e. The van der Waals surface area contributed by atoms with Gasteiger partial charge in [0.25, 0.3) is 5.91 Å². The summed E-state index contributed by atoms with van der Waals surface area (Å²) in [4.78, 5) is 21.0. The van der Waals surface area contributed by atoms with Crippen LogP contribution < -0.4 is 5.32 Å². The molecular formula is C18H15N5O2. The summed E-state index contributed by atoms with van der Waals surface area (Å²) < 4.78 is 6.57. The number of aryl methyl sites for hydroxylation is 2. The molecule has 0 saturated carbocycles. The van der Waals surface area contributed by atoms with E-state index in [1.54, 1.807) is 10.6 Å². The standard InChI is InChI=1S/C18H15N5O2/c1-11-7-12(2)14(8-13(11)17-20-10-25-22-17)21-18(24)15-9-19-16-5-3-4-6-23(15)16/h3-10H,1-2H3,(H,21,24). The first kappa shape index (κ1) is 15.1. The van der Waals surface area contributed by atoms with Crippen LogP contribution in [0.4, 0.5) is 5.69 Å². The highest BCUT2D eigenvalue weighted by Gasteiger charge is 2.15. The third kappa shape index (κ3) is 2.65. The molecule has 1 aromatic carbocycles. The Labute approximate surface area is 143 Å². The maximum Gasteiger partial charge on any atom is 0.274 e. The molecule has 0 radical (unpaired) electrons. The second-order valence-electron chi connectivity index (χ2n) is 5.76. The molecule has 0 fully saturated rings. The first-order chi connectivity index (χ1) is 12.1. The molecule has 0 atom stereocenters. The van der Waals surface area contributed by atoms with E-state index in [9.17, 15) is 4.79 Å². The maximum absolute atomic E-state index is 12.7. The lowest BCUT2D eigenvalue weighted by molar-refractivity contribution is 0.102. The van der Waals surface area contributed by atoms with Crippen molar-refractivity contribution in [2.75, 3.05) is 5.32 Å². The van der Waals surface area contributed by atoms with Crippen LogP contribution in [0.1, 0.15) is 21.6 Å². The van der Waals surface area contributed by atoms with Gasteiger partial charge in [0.1, 0.15) is 11.3 Å². The van der Waals surface area contributed by atoms with Crippen molar-refractivity contribution in [1.29, 1.82) is 0 Å². The Morgan fingerprint density at radius 1 is 1.16 bits per heavy atom. The average molecular weight is 333 g/mol. The van der Waals surface area contributed by atoms with Crippen LogP contribution in [0.2, 0.25) is 0 Å². The van der Waals surface area contributed by atoms with Crippen molar-refractivity contribution in [2.24, 2.45) is 0 Å². The molecule has 1 N–H and O–H groups in total. The van der Waals surface area contributed by atoms with Gasteiger partial charge in [0, 0.05) is 17.4 Å². The van der Waals surface area contributed by atoms with Crippen molar-refractivity contribution in [3.05, 3.63) is 65.9 Å². The maximum atomic E-state index is 12.7. The van der Waals surface area contributed by atoms with Crippen molar-refractivity contribution in [3.8, 4) is 11.4 Å². The summed E-state index contributed by atoms with van der Waals surface area (Å²) >= 11 is 0. The number of nitrogens with one attached hydrogen (secondary N) is 1. The van der Waals surface area contributed by atoms with Gasteiger partial charge in [-0.2, -0.15) is 4.98 Å². The van der Waals surface area contributed by atoms with Crippen LogP contribution in [0.5, 0.6) is 0 Å². The summed E-state index contributed by atoms with van der Waals surface area (Å²) in [7, 11) is 0. The molecule has 3 aromatic heterocycles. The van der Waals surface area contributed by atoms with Crippen LogP contribution in [0, 0.1) is 13.8 Å². The van der Waals surface area contributed by atoms with E-state index >= 15 is 0 Å². The summed E-state index contributed by atoms with van der Waals surface area (Å²) in [5.74, 6) is 0.257. The molecule has 0 unspecified atom stereocenters. The van der Waals surface area contributed by atoms with Crippen LogP contribution >= 0.6 is 0 Å². The number of pyridine rings is 1. The van der Waals surface area contributed by atoms with Gasteiger partial charge < -0.3 is 9.84 Å². The number of benzene rings is 1. The SMILES string of the molecule is Cc1cc(C)c(-c2ncon2)cc1NC(=O)c1cnc2ccccn12. The number of aromatic nitrogens is 4. The molecule has 4 aromatic rings. The number of anilines is 1. The van der Waals surface area contributed by atoms with E-state index in [0.29, 0.717) is 17.2 Å². The molecule has 0 saturated heterocycles. The lowest BCUT2D eigenvalue weighted by atomic mass is 10.0. The van der Waals surface area contributed by atoms with Crippen molar-refractivity contribution in [1.82, 2.24) is 19.5 Å². The van der Waals surface area contributed by atoms with Gasteiger partial charge in [-0.1, -0.05) is 17.3 Å². The third-order valence-corrected chi connectivity index (χ3v) is 4.07. The summed E-state index contributed by atoms with van der Waals surface area (Å²) in [6, 6.07) is 9.43. The molecule has 7 nitrogen and oxygen atoms in total. The van der Waals surface area contributed by atoms with E-state index in [1.807, 2.05) is 50.4 Å². The number of fused-ring (bicyclic) bond motifs is 1. The third-order valence-electron chi connectivity index (χ3n) is 4.07. The van der Waals surface area contributed by atoms with Gasteiger partial charge in [0.05, 0.1) is 6.20 Å². The van der Waals surface area contributed by atoms with Gasteiger partial charge >= 0.3 is 0 Å². The number of amides is 1. The number of hydrogen-bond donors (Lipinski definition) is 1. The minimum atomic E-state index is -0.232. The summed E-state index contributed by atoms with van der Waals surface area (Å²) in [6.45, 7) is 3.91. The highest BCUT2D eigenvalue weighted by atomic mass is 16.5. The van der Waals surface area contributed by atoms with Gasteiger partial charge in [-0.25, -0.2) is 4.98 Å². The van der Waals surface area contributed by atoms with Crippen LogP contribution in [0.15, 0.2) is 53.6 Å². The lowest BCUT2D eigenvalue weighted by Gasteiger charge is -2.11. The van der Waals surface area contributed by atoms with E-state index in [2.05, 4.69) is 20.4 Å². The highest BCUT2D eigenvalue weighted by molar-refractivity contribution is 6.04. The fraction of sp³-hybridized carbons (Fsp3) is 0.111. The molecule has 0 aliphatic heterocycles. The summed E-state index contributed by atoms with van der Waals surface area (Å²) in [6.07, 6.45) is 4.66. The second kappa shape index (κ2) is 5.86. The molecule has 124 valence electrons. The van der Waals surface area contributed by atoms with E-state index < -0.39 is 0 Å². The van der Waals surface area contributed by atoms with E-state index in [1.165, 1.54) is 6.39 Å². The number of nitrogens with zero attached hydrogens (tertiary/aromatic N) is 4. The van der Waals surface area contributed by atoms with Gasteiger partial charge in [-0.05, 0) is 43.2 Å². The van der Waals surface area contributed by atoms with Crippen LogP contribution in [0.25, 0.3) is 17.0 Å². The zero-order valence-electron chi connectivity index (χ0n) is 13.7. The number of rotatable bonds is 3. The Morgan fingerprint density at radius 3 is 2.84 bits per heavy atom. The topological polar surface area (TPSA) is 85.3 Å². The van der Waals surface area contributed by atoms with Crippen molar-refractivity contribution in [2.45, 2.75) is 13.8 Å². The van der Waals surface area contributed by atoms with Crippen molar-refractivity contribution < 1.29 is 9.32 Å². The largest absolute Gasteiger partial charge is 0.342 e. The molecule has 0 bridgehead atoms. The first-order valence-electron chi connectivity index (χ1n) is 7.75. The monoisotopic (exact) mass is 333 g/mol. The minimum Gasteiger partial charge on any atom is -0.342 e. The Kier molecular flexibility index (Phi) is 3.53. The molecule has 1 amide bonds. The van der Waals surface area contributed by atoms with Gasteiger partial charge in [-0.15, -0.1) is 0 Å². The number of carbonyl (C=O) groups is 1. The van der Waals surface area contributed by atoms with Crippen LogP contribution in [0.3, 0.4) is 0 Å². The predicted molar refractivity (Wildman–Crippen MR) is 92.4 cm³/mol. The van der Waals surface area contributed by atoms with Crippen molar-refractivity contribution >= 4 is 17.2 Å². The van der Waals surface area contributed by atoms with E-state index in [4.69, 9.17) is 4.52 Å². The molecule has 4 rings (SSSR count). The fourth-order valence-electron chi connectivity index (χ4n) is 2.80.